The molecule has 1 unspecified atom stereocenters. The lowest BCUT2D eigenvalue weighted by Gasteiger charge is -2.23. The second kappa shape index (κ2) is 9.51. The quantitative estimate of drug-likeness (QED) is 0.542. The van der Waals surface area contributed by atoms with Gasteiger partial charge in [-0.25, -0.2) is 9.59 Å². The van der Waals surface area contributed by atoms with Gasteiger partial charge in [0, 0.05) is 5.92 Å². The molecule has 9 heteroatoms. The number of amides is 2. The Morgan fingerprint density at radius 1 is 1.06 bits per heavy atom. The molecule has 176 valence electrons. The van der Waals surface area contributed by atoms with Crippen LogP contribution in [0.25, 0.3) is 11.1 Å². The minimum absolute atomic E-state index is 0.106. The maximum absolute atomic E-state index is 13.8. The Morgan fingerprint density at radius 3 is 2.21 bits per heavy atom. The summed E-state index contributed by atoms with van der Waals surface area (Å²) in [7, 11) is 0. The summed E-state index contributed by atoms with van der Waals surface area (Å²) in [6.07, 6.45) is 0.0830. The van der Waals surface area contributed by atoms with Crippen molar-refractivity contribution in [3.05, 3.63) is 59.7 Å². The fourth-order valence-corrected chi connectivity index (χ4v) is 4.13. The van der Waals surface area contributed by atoms with Crippen LogP contribution in [-0.2, 0) is 14.3 Å². The van der Waals surface area contributed by atoms with Gasteiger partial charge in [-0.05, 0) is 46.9 Å². The van der Waals surface area contributed by atoms with E-state index >= 15 is 0 Å². The summed E-state index contributed by atoms with van der Waals surface area (Å²) in [4.78, 5) is 34.8. The summed E-state index contributed by atoms with van der Waals surface area (Å²) in [5.41, 5.74) is 4.33. The van der Waals surface area contributed by atoms with E-state index in [0.717, 1.165) is 22.3 Å². The molecule has 2 aromatic rings. The van der Waals surface area contributed by atoms with Crippen LogP contribution >= 0.6 is 0 Å². The Balaban J connectivity index is 1.27. The first-order valence-corrected chi connectivity index (χ1v) is 10.8. The molecule has 3 N–H and O–H groups in total. The molecule has 0 spiro atoms. The third kappa shape index (κ3) is 4.86. The molecule has 0 aromatic heterocycles. The van der Waals surface area contributed by atoms with Crippen molar-refractivity contribution in [1.29, 1.82) is 0 Å². The third-order valence-corrected chi connectivity index (χ3v) is 5.92. The number of benzene rings is 2. The number of carbonyl (C=O) groups is 3. The number of hydrogen-bond donors (Lipinski definition) is 3. The molecule has 1 atom stereocenters. The van der Waals surface area contributed by atoms with Crippen LogP contribution in [0.2, 0.25) is 0 Å². The average molecular weight is 468 g/mol. The van der Waals surface area contributed by atoms with E-state index < -0.39 is 35.9 Å². The largest absolute Gasteiger partial charge is 0.477 e. The third-order valence-electron chi connectivity index (χ3n) is 5.92. The van der Waals surface area contributed by atoms with Gasteiger partial charge in [-0.1, -0.05) is 54.5 Å². The van der Waals surface area contributed by atoms with E-state index in [4.69, 9.17) is 9.84 Å². The molecule has 1 fully saturated rings. The number of alkyl carbamates (subject to hydrolysis) is 1. The summed E-state index contributed by atoms with van der Waals surface area (Å²) in [6.45, 7) is -0.130. The summed E-state index contributed by atoms with van der Waals surface area (Å²) in [6, 6.07) is 14.0. The Labute approximate surface area is 194 Å². The molecule has 2 aliphatic carbocycles. The molecule has 2 aliphatic rings. The van der Waals surface area contributed by atoms with Gasteiger partial charge < -0.3 is 20.5 Å². The van der Waals surface area contributed by atoms with E-state index in [1.807, 2.05) is 53.8 Å². The molecule has 0 bridgehead atoms. The number of aliphatic carboxylic acids is 1. The number of rotatable bonds is 7. The van der Waals surface area contributed by atoms with E-state index in [1.165, 1.54) is 0 Å². The highest BCUT2D eigenvalue weighted by Crippen LogP contribution is 2.44. The van der Waals surface area contributed by atoms with Crippen LogP contribution < -0.4 is 10.6 Å². The zero-order chi connectivity index (χ0) is 24.3. The fraction of sp³-hybridized carbons (Fsp3) is 0.320. The van der Waals surface area contributed by atoms with E-state index in [0.29, 0.717) is 12.8 Å². The Bertz CT molecular complexity index is 1140. The number of carboxylic acid groups (broad SMARTS) is 1. The number of fused-ring (bicyclic) bond motifs is 3. The lowest BCUT2D eigenvalue weighted by molar-refractivity contribution is -0.170. The lowest BCUT2D eigenvalue weighted by Crippen LogP contribution is -2.53. The van der Waals surface area contributed by atoms with Gasteiger partial charge in [0.15, 0.2) is 0 Å². The molecule has 0 saturated heterocycles. The van der Waals surface area contributed by atoms with Gasteiger partial charge in [-0.3, -0.25) is 4.79 Å². The minimum Gasteiger partial charge on any atom is -0.477 e. The van der Waals surface area contributed by atoms with Gasteiger partial charge in [0.05, 0.1) is 6.54 Å². The minimum atomic E-state index is -4.09. The van der Waals surface area contributed by atoms with Crippen LogP contribution in [0.1, 0.15) is 29.9 Å². The predicted molar refractivity (Wildman–Crippen MR) is 118 cm³/mol. The number of nitrogens with one attached hydrogen (secondary N) is 2. The number of ether oxygens (including phenoxy) is 1. The maximum atomic E-state index is 13.8. The van der Waals surface area contributed by atoms with Gasteiger partial charge in [0.25, 0.3) is 5.91 Å². The van der Waals surface area contributed by atoms with Crippen LogP contribution in [0.5, 0.6) is 0 Å². The topological polar surface area (TPSA) is 105 Å². The molecule has 2 aromatic carbocycles. The van der Waals surface area contributed by atoms with E-state index in [9.17, 15) is 23.2 Å². The molecule has 0 aliphatic heterocycles. The first-order valence-electron chi connectivity index (χ1n) is 10.8. The summed E-state index contributed by atoms with van der Waals surface area (Å²) in [5.74, 6) is -3.68. The number of alkyl halides is 2. The average Bonchev–Trinajstić information content (AvgIpc) is 3.61. The van der Waals surface area contributed by atoms with Crippen molar-refractivity contribution in [2.24, 2.45) is 5.92 Å². The summed E-state index contributed by atoms with van der Waals surface area (Å²) in [5, 5.41) is 13.1. The normalized spacial score (nSPS) is 15.2. The van der Waals surface area contributed by atoms with Crippen molar-refractivity contribution in [2.75, 3.05) is 13.2 Å². The highest BCUT2D eigenvalue weighted by Gasteiger charge is 2.54. The molecular formula is C25H22F2N2O5. The molecule has 7 nitrogen and oxygen atoms in total. The van der Waals surface area contributed by atoms with Gasteiger partial charge in [-0.2, -0.15) is 8.78 Å². The molecule has 34 heavy (non-hydrogen) atoms. The van der Waals surface area contributed by atoms with Gasteiger partial charge in [0.2, 0.25) is 0 Å². The van der Waals surface area contributed by atoms with Crippen molar-refractivity contribution in [1.82, 2.24) is 10.6 Å². The molecular weight excluding hydrogens is 446 g/mol. The smallest absolute Gasteiger partial charge is 0.407 e. The number of carboxylic acids is 1. The van der Waals surface area contributed by atoms with Crippen molar-refractivity contribution >= 4 is 18.0 Å². The number of hydrogen-bond acceptors (Lipinski definition) is 4. The first-order chi connectivity index (χ1) is 16.3. The number of halogens is 2. The van der Waals surface area contributed by atoms with E-state index in [2.05, 4.69) is 17.2 Å². The monoisotopic (exact) mass is 468 g/mol. The molecule has 4 rings (SSSR count). The zero-order valence-electron chi connectivity index (χ0n) is 18.0. The molecule has 1 saturated carbocycles. The SMILES string of the molecule is O=C(C#CCNC(=O)OCC1c2ccccc2-c2ccccc21)NC(C1CC1)C(F)(F)C(=O)O. The highest BCUT2D eigenvalue weighted by atomic mass is 19.3. The van der Waals surface area contributed by atoms with Gasteiger partial charge in [-0.15, -0.1) is 0 Å². The van der Waals surface area contributed by atoms with Crippen LogP contribution in [0.4, 0.5) is 13.6 Å². The number of carbonyl (C=O) groups excluding carboxylic acids is 2. The van der Waals surface area contributed by atoms with Crippen molar-refractivity contribution in [3.8, 4) is 23.0 Å². The lowest BCUT2D eigenvalue weighted by atomic mass is 9.98. The van der Waals surface area contributed by atoms with Crippen molar-refractivity contribution < 1.29 is 33.0 Å². The molecule has 0 heterocycles. The van der Waals surface area contributed by atoms with E-state index in [1.54, 1.807) is 0 Å². The van der Waals surface area contributed by atoms with E-state index in [-0.39, 0.29) is 19.1 Å². The van der Waals surface area contributed by atoms with Gasteiger partial charge >= 0.3 is 18.0 Å². The standard InChI is InChI=1S/C25H22F2N2O5/c26-25(27,23(31)32)22(15-11-12-15)29-21(30)10-5-13-28-24(33)34-14-20-18-8-3-1-6-16(18)17-7-2-4-9-19(17)20/h1-4,6-9,15,20,22H,11-14H2,(H,28,33)(H,29,30)(H,31,32). The second-order valence-electron chi connectivity index (χ2n) is 8.20. The van der Waals surface area contributed by atoms with Crippen LogP contribution in [0.15, 0.2) is 48.5 Å². The second-order valence-corrected chi connectivity index (χ2v) is 8.20. The fourth-order valence-electron chi connectivity index (χ4n) is 4.13. The van der Waals surface area contributed by atoms with Crippen molar-refractivity contribution in [3.63, 3.8) is 0 Å². The van der Waals surface area contributed by atoms with Crippen LogP contribution in [0.3, 0.4) is 0 Å². The first kappa shape index (κ1) is 23.2. The van der Waals surface area contributed by atoms with Crippen molar-refractivity contribution in [2.45, 2.75) is 30.7 Å². The van der Waals surface area contributed by atoms with Crippen LogP contribution in [-0.4, -0.2) is 48.2 Å². The maximum Gasteiger partial charge on any atom is 0.407 e. The summed E-state index contributed by atoms with van der Waals surface area (Å²) >= 11 is 0. The Morgan fingerprint density at radius 2 is 1.65 bits per heavy atom. The van der Waals surface area contributed by atoms with Crippen LogP contribution in [0, 0.1) is 17.8 Å². The molecule has 0 radical (unpaired) electrons. The Hall–Kier alpha value is -3.93. The zero-order valence-corrected chi connectivity index (χ0v) is 18.0. The van der Waals surface area contributed by atoms with Gasteiger partial charge in [0.1, 0.15) is 12.6 Å². The molecule has 2 amide bonds. The Kier molecular flexibility index (Phi) is 6.50. The highest BCUT2D eigenvalue weighted by molar-refractivity contribution is 5.94. The predicted octanol–water partition coefficient (Wildman–Crippen LogP) is 3.14. The summed E-state index contributed by atoms with van der Waals surface area (Å²) < 4.78 is 33.0.